The van der Waals surface area contributed by atoms with Gasteiger partial charge in [0.05, 0.1) is 0 Å². The zero-order valence-corrected chi connectivity index (χ0v) is 26.6. The molecular formula is C15H28Bi2F4O8P2. The van der Waals surface area contributed by atoms with Gasteiger partial charge in [0.15, 0.2) is 0 Å². The quantitative estimate of drug-likeness (QED) is 0.148. The van der Waals surface area contributed by atoms with Crippen LogP contribution in [-0.4, -0.2) is 110 Å². The zero-order chi connectivity index (χ0) is 21.9. The van der Waals surface area contributed by atoms with Crippen molar-refractivity contribution in [1.29, 1.82) is 0 Å². The summed E-state index contributed by atoms with van der Waals surface area (Å²) in [7, 11) is 0. The van der Waals surface area contributed by atoms with Gasteiger partial charge < -0.3 is 0 Å². The van der Waals surface area contributed by atoms with Crippen molar-refractivity contribution < 1.29 is 56.0 Å². The van der Waals surface area contributed by atoms with Crippen LogP contribution in [0.3, 0.4) is 0 Å². The Balaban J connectivity index is -0.000000461. The van der Waals surface area contributed by atoms with Gasteiger partial charge in [-0.15, -0.1) is 0 Å². The van der Waals surface area contributed by atoms with E-state index >= 15 is 0 Å². The molecule has 2 radical (unpaired) electrons. The van der Waals surface area contributed by atoms with Crippen LogP contribution in [0.4, 0.5) is 27.2 Å². The van der Waals surface area contributed by atoms with Crippen LogP contribution in [0, 0.1) is 0 Å². The molecule has 1 N–H and O–H groups in total. The van der Waals surface area contributed by atoms with Crippen molar-refractivity contribution in [2.24, 2.45) is 0 Å². The van der Waals surface area contributed by atoms with E-state index in [0.717, 1.165) is 0 Å². The van der Waals surface area contributed by atoms with E-state index in [1.54, 1.807) is 13.8 Å². The number of alkyl halides is 4. The predicted molar refractivity (Wildman–Crippen MR) is 115 cm³/mol. The normalized spacial score (nSPS) is 29.6. The Morgan fingerprint density at radius 3 is 1.81 bits per heavy atom. The van der Waals surface area contributed by atoms with Gasteiger partial charge in [-0.25, -0.2) is 0 Å². The van der Waals surface area contributed by atoms with E-state index in [1.807, 2.05) is 0 Å². The molecule has 2 fully saturated rings. The Morgan fingerprint density at radius 2 is 1.42 bits per heavy atom. The topological polar surface area (TPSA) is 108 Å². The van der Waals surface area contributed by atoms with Crippen LogP contribution in [0.5, 0.6) is 0 Å². The van der Waals surface area contributed by atoms with Gasteiger partial charge in [0.25, 0.3) is 0 Å². The smallest absolute Gasteiger partial charge is 0.153 e. The van der Waals surface area contributed by atoms with E-state index in [-0.39, 0.29) is 89.5 Å². The minimum absolute atomic E-state index is 0. The molecule has 8 nitrogen and oxygen atoms in total. The maximum absolute atomic E-state index is 13.2. The van der Waals surface area contributed by atoms with Gasteiger partial charge in [0.2, 0.25) is 0 Å². The number of ether oxygens (including phenoxy) is 4. The van der Waals surface area contributed by atoms with Gasteiger partial charge in [-0.3, -0.25) is 0 Å². The first-order valence-electron chi connectivity index (χ1n) is 7.93. The Hall–Kier alpha value is 0.676. The predicted octanol–water partition coefficient (Wildman–Crippen LogP) is 1.27. The third-order valence-corrected chi connectivity index (χ3v) is 4.76. The summed E-state index contributed by atoms with van der Waals surface area (Å²) in [5, 5.41) is 8.89. The van der Waals surface area contributed by atoms with Gasteiger partial charge in [0.1, 0.15) is 0 Å². The molecule has 0 amide bonds. The molecule has 184 valence electrons. The number of hydrogen-bond donors (Lipinski definition) is 1. The summed E-state index contributed by atoms with van der Waals surface area (Å²) in [5.41, 5.74) is 0. The van der Waals surface area contributed by atoms with E-state index in [0.29, 0.717) is 0 Å². The number of cyclic esters (lactones) is 1. The second-order valence-corrected chi connectivity index (χ2v) is 8.91. The first kappa shape index (κ1) is 36.2. The Morgan fingerprint density at radius 1 is 1.00 bits per heavy atom. The molecule has 0 aromatic carbocycles. The van der Waals surface area contributed by atoms with E-state index in [9.17, 15) is 31.9 Å². The van der Waals surface area contributed by atoms with E-state index < -0.39 is 55.9 Å². The maximum Gasteiger partial charge on any atom is -0.153 e. The van der Waals surface area contributed by atoms with Crippen LogP contribution in [0.2, 0.25) is 0 Å². The first-order valence-corrected chi connectivity index (χ1v) is 11.8. The second-order valence-electron chi connectivity index (χ2n) is 5.74. The monoisotopic (exact) mass is 892 g/mol. The van der Waals surface area contributed by atoms with Crippen LogP contribution in [-0.2, 0) is 23.7 Å². The molecule has 0 saturated carbocycles. The molecule has 16 heteroatoms. The molecule has 0 aliphatic carbocycles. The number of halogens is 4. The fraction of sp³-hybridized carbons (Fsp3) is 0.800. The van der Waals surface area contributed by atoms with Crippen LogP contribution >= 0.6 is 19.8 Å². The molecule has 0 aromatic rings. The van der Waals surface area contributed by atoms with E-state index in [2.05, 4.69) is 18.9 Å². The molecule has 0 aromatic heterocycles. The molecule has 2 saturated heterocycles. The van der Waals surface area contributed by atoms with Crippen LogP contribution in [0.25, 0.3) is 0 Å². The molecule has 2 heterocycles. The number of hydrogen-bond acceptors (Lipinski definition) is 8. The van der Waals surface area contributed by atoms with Gasteiger partial charge in [0, 0.05) is 0 Å². The zero-order valence-electron chi connectivity index (χ0n) is 16.0. The average molecular weight is 892 g/mol. The Bertz CT molecular complexity index is 618. The van der Waals surface area contributed by atoms with Crippen molar-refractivity contribution in [3.63, 3.8) is 0 Å². The molecule has 5 unspecified atom stereocenters. The van der Waals surface area contributed by atoms with Crippen molar-refractivity contribution in [3.05, 3.63) is 0 Å². The minimum atomic E-state index is -3.71. The second kappa shape index (κ2) is 14.8. The van der Waals surface area contributed by atoms with Gasteiger partial charge in [-0.05, 0) is 0 Å². The summed E-state index contributed by atoms with van der Waals surface area (Å²) in [4.78, 5) is 31.9. The maximum atomic E-state index is 13.2. The van der Waals surface area contributed by atoms with Crippen LogP contribution in [0.1, 0.15) is 34.1 Å². The summed E-state index contributed by atoms with van der Waals surface area (Å²) in [6, 6.07) is 0. The van der Waals surface area contributed by atoms with E-state index in [4.69, 9.17) is 5.11 Å². The average Bonchev–Trinajstić information content (AvgIpc) is 2.92. The van der Waals surface area contributed by atoms with Gasteiger partial charge in [-0.2, -0.15) is 19.8 Å². The van der Waals surface area contributed by atoms with E-state index in [1.165, 1.54) is 0 Å². The molecule has 7 atom stereocenters. The minimum Gasteiger partial charge on any atom is -0.153 e. The SMILES string of the molecule is C.CC[C@H]1OC(=O)C(F)(F)C1O[C](=O)[BiH].CC[C@H]1OC(O)C(F)(F)C1O[C](=O)[BiH].P.P. The summed E-state index contributed by atoms with van der Waals surface area (Å²) in [6.07, 6.45) is -7.11. The van der Waals surface area contributed by atoms with Crippen molar-refractivity contribution in [3.8, 4) is 0 Å². The number of aliphatic hydroxyl groups excluding tert-OH is 1. The third kappa shape index (κ3) is 9.09. The fourth-order valence-electron chi connectivity index (χ4n) is 2.49. The number of aliphatic hydroxyl groups is 1. The molecule has 0 bridgehead atoms. The first-order chi connectivity index (χ1) is 12.8. The largest absolute Gasteiger partial charge is 0.153 e. The Kier molecular flexibility index (Phi) is 17.3. The standard InChI is InChI=1S/C7H9F2O4.C7H7F2O4.CH4.2Bi.2H3P.2H/c2*1-2-4-5(12-3-10)7(8,9)6(11)13-4;;;;;;;/h4-6,11H,2H2,1H3;4-5H,2H2,1H3;1H4;;;2*1H3;;/t4-,5?,6?;4-,5?;;;;;;;/m11......./s1. The molecule has 2 rings (SSSR count). The molecule has 2 aliphatic heterocycles. The number of carbonyl (C=O) groups is 3. The Labute approximate surface area is 214 Å². The molecule has 2 aliphatic rings. The van der Waals surface area contributed by atoms with Crippen molar-refractivity contribution >= 4 is 82.6 Å². The number of carbonyl (C=O) groups excluding carboxylic acids is 3. The van der Waals surface area contributed by atoms with Crippen molar-refractivity contribution in [1.82, 2.24) is 0 Å². The molecule has 31 heavy (non-hydrogen) atoms. The third-order valence-electron chi connectivity index (χ3n) is 3.85. The summed E-state index contributed by atoms with van der Waals surface area (Å²) in [6.45, 7) is 3.19. The molecular weight excluding hydrogens is 864 g/mol. The molecule has 0 spiro atoms. The van der Waals surface area contributed by atoms with Gasteiger partial charge in [-0.1, -0.05) is 7.43 Å². The van der Waals surface area contributed by atoms with Crippen LogP contribution < -0.4 is 0 Å². The van der Waals surface area contributed by atoms with Crippen LogP contribution in [0.15, 0.2) is 0 Å². The number of esters is 1. The number of rotatable bonds is 4. The van der Waals surface area contributed by atoms with Crippen molar-refractivity contribution in [2.45, 2.75) is 76.7 Å². The fourth-order valence-corrected chi connectivity index (χ4v) is 3.47. The van der Waals surface area contributed by atoms with Gasteiger partial charge >= 0.3 is 188 Å². The summed E-state index contributed by atoms with van der Waals surface area (Å²) < 4.78 is 68.9. The summed E-state index contributed by atoms with van der Waals surface area (Å²) >= 11 is 0.0470. The summed E-state index contributed by atoms with van der Waals surface area (Å²) in [5.74, 6) is -8.83. The van der Waals surface area contributed by atoms with Crippen molar-refractivity contribution in [2.75, 3.05) is 0 Å².